The minimum Gasteiger partial charge on any atom is -0.368 e. The summed E-state index contributed by atoms with van der Waals surface area (Å²) in [7, 11) is 0. The van der Waals surface area contributed by atoms with E-state index in [0.717, 1.165) is 24.3 Å². The topological polar surface area (TPSA) is 58.4 Å². The summed E-state index contributed by atoms with van der Waals surface area (Å²) in [5.41, 5.74) is 2.56. The molecule has 0 N–H and O–H groups in total. The van der Waals surface area contributed by atoms with Crippen LogP contribution in [0.5, 0.6) is 0 Å². The highest BCUT2D eigenvalue weighted by atomic mass is 35.5. The number of fused-ring (bicyclic) bond motifs is 1. The Hall–Kier alpha value is -2.86. The van der Waals surface area contributed by atoms with Crippen LogP contribution in [0.25, 0.3) is 10.9 Å². The van der Waals surface area contributed by atoms with E-state index in [1.807, 2.05) is 43.3 Å². The van der Waals surface area contributed by atoms with Gasteiger partial charge in [0.1, 0.15) is 6.54 Å². The number of rotatable bonds is 3. The molecule has 2 aromatic carbocycles. The second-order valence-electron chi connectivity index (χ2n) is 6.99. The van der Waals surface area contributed by atoms with Crippen molar-refractivity contribution in [3.8, 4) is 0 Å². The summed E-state index contributed by atoms with van der Waals surface area (Å²) in [6.45, 7) is 4.67. The fraction of sp³-hybridized carbons (Fsp3) is 0.286. The van der Waals surface area contributed by atoms with Gasteiger partial charge < -0.3 is 9.80 Å². The van der Waals surface area contributed by atoms with Crippen LogP contribution in [-0.4, -0.2) is 46.5 Å². The molecule has 0 spiro atoms. The zero-order valence-electron chi connectivity index (χ0n) is 15.6. The van der Waals surface area contributed by atoms with Crippen LogP contribution in [-0.2, 0) is 11.3 Å². The van der Waals surface area contributed by atoms with Gasteiger partial charge in [0.15, 0.2) is 0 Å². The number of anilines is 1. The maximum Gasteiger partial charge on any atom is 0.261 e. The van der Waals surface area contributed by atoms with Crippen molar-refractivity contribution in [3.05, 3.63) is 69.7 Å². The van der Waals surface area contributed by atoms with Gasteiger partial charge in [-0.15, -0.1) is 0 Å². The number of para-hydroxylation sites is 1. The van der Waals surface area contributed by atoms with Gasteiger partial charge in [0.25, 0.3) is 5.56 Å². The molecule has 7 heteroatoms. The summed E-state index contributed by atoms with van der Waals surface area (Å²) >= 11 is 5.95. The Labute approximate surface area is 168 Å². The third-order valence-electron chi connectivity index (χ3n) is 5.19. The van der Waals surface area contributed by atoms with Gasteiger partial charge in [0.05, 0.1) is 17.2 Å². The SMILES string of the molecule is Cc1cccc2c(=O)n(CC(=O)N3CCN(c4ccc(Cl)cc4)CC3)cnc12. The lowest BCUT2D eigenvalue weighted by Gasteiger charge is -2.36. The fourth-order valence-corrected chi connectivity index (χ4v) is 3.69. The molecule has 6 nitrogen and oxygen atoms in total. The van der Waals surface area contributed by atoms with E-state index in [9.17, 15) is 9.59 Å². The minimum atomic E-state index is -0.179. The van der Waals surface area contributed by atoms with Gasteiger partial charge in [-0.05, 0) is 42.8 Å². The van der Waals surface area contributed by atoms with E-state index in [1.54, 1.807) is 11.0 Å². The van der Waals surface area contributed by atoms with E-state index in [-0.39, 0.29) is 18.0 Å². The van der Waals surface area contributed by atoms with Gasteiger partial charge >= 0.3 is 0 Å². The van der Waals surface area contributed by atoms with Crippen LogP contribution in [0.1, 0.15) is 5.56 Å². The number of hydrogen-bond donors (Lipinski definition) is 0. The third-order valence-corrected chi connectivity index (χ3v) is 5.44. The molecule has 1 aliphatic heterocycles. The molecule has 28 heavy (non-hydrogen) atoms. The monoisotopic (exact) mass is 396 g/mol. The first-order chi connectivity index (χ1) is 13.5. The highest BCUT2D eigenvalue weighted by Gasteiger charge is 2.22. The quantitative estimate of drug-likeness (QED) is 0.683. The number of halogens is 1. The second kappa shape index (κ2) is 7.64. The zero-order chi connectivity index (χ0) is 19.7. The molecule has 144 valence electrons. The molecule has 2 heterocycles. The number of carbonyl (C=O) groups is 1. The summed E-state index contributed by atoms with van der Waals surface area (Å²) in [6.07, 6.45) is 1.47. The summed E-state index contributed by atoms with van der Waals surface area (Å²) in [6, 6.07) is 13.2. The first-order valence-electron chi connectivity index (χ1n) is 9.26. The van der Waals surface area contributed by atoms with Crippen molar-refractivity contribution in [2.75, 3.05) is 31.1 Å². The largest absolute Gasteiger partial charge is 0.368 e. The van der Waals surface area contributed by atoms with Crippen molar-refractivity contribution in [1.82, 2.24) is 14.5 Å². The normalized spacial score (nSPS) is 14.5. The average Bonchev–Trinajstić information content (AvgIpc) is 2.71. The maximum atomic E-state index is 12.7. The Morgan fingerprint density at radius 2 is 1.79 bits per heavy atom. The van der Waals surface area contributed by atoms with Gasteiger partial charge in [-0.1, -0.05) is 23.7 Å². The standard InChI is InChI=1S/C21H21ClN4O2/c1-15-3-2-4-18-20(15)23-14-26(21(18)28)13-19(27)25-11-9-24(10-12-25)17-7-5-16(22)6-8-17/h2-8,14H,9-13H2,1H3. The van der Waals surface area contributed by atoms with Crippen LogP contribution in [0.2, 0.25) is 5.02 Å². The van der Waals surface area contributed by atoms with Gasteiger partial charge in [-0.25, -0.2) is 4.98 Å². The van der Waals surface area contributed by atoms with Crippen LogP contribution in [0.15, 0.2) is 53.6 Å². The molecule has 1 amide bonds. The molecule has 0 radical (unpaired) electrons. The van der Waals surface area contributed by atoms with E-state index in [0.29, 0.717) is 29.0 Å². The van der Waals surface area contributed by atoms with Gasteiger partial charge in [0, 0.05) is 36.9 Å². The summed E-state index contributed by atoms with van der Waals surface area (Å²) in [5.74, 6) is -0.0633. The molecule has 1 fully saturated rings. The number of amides is 1. The molecule has 1 aliphatic rings. The highest BCUT2D eigenvalue weighted by molar-refractivity contribution is 6.30. The van der Waals surface area contributed by atoms with E-state index >= 15 is 0 Å². The Balaban J connectivity index is 1.44. The van der Waals surface area contributed by atoms with Gasteiger partial charge in [-0.2, -0.15) is 0 Å². The van der Waals surface area contributed by atoms with Crippen LogP contribution in [0.3, 0.4) is 0 Å². The molecule has 1 saturated heterocycles. The molecule has 4 rings (SSSR count). The number of aromatic nitrogens is 2. The van der Waals surface area contributed by atoms with Crippen molar-refractivity contribution in [2.45, 2.75) is 13.5 Å². The Morgan fingerprint density at radius 1 is 1.07 bits per heavy atom. The molecule has 3 aromatic rings. The molecule has 0 aliphatic carbocycles. The van der Waals surface area contributed by atoms with Crippen molar-refractivity contribution in [3.63, 3.8) is 0 Å². The molecule has 0 atom stereocenters. The molecule has 0 saturated carbocycles. The molecular formula is C21H21ClN4O2. The van der Waals surface area contributed by atoms with Crippen molar-refractivity contribution < 1.29 is 4.79 Å². The zero-order valence-corrected chi connectivity index (χ0v) is 16.4. The van der Waals surface area contributed by atoms with Crippen LogP contribution < -0.4 is 10.5 Å². The van der Waals surface area contributed by atoms with Crippen LogP contribution in [0.4, 0.5) is 5.69 Å². The van der Waals surface area contributed by atoms with Gasteiger partial charge in [-0.3, -0.25) is 14.2 Å². The predicted octanol–water partition coefficient (Wildman–Crippen LogP) is 2.71. The maximum absolute atomic E-state index is 12.7. The third kappa shape index (κ3) is 3.60. The fourth-order valence-electron chi connectivity index (χ4n) is 3.56. The van der Waals surface area contributed by atoms with E-state index in [1.165, 1.54) is 10.9 Å². The number of nitrogens with zero attached hydrogens (tertiary/aromatic N) is 4. The lowest BCUT2D eigenvalue weighted by atomic mass is 10.1. The first-order valence-corrected chi connectivity index (χ1v) is 9.64. The number of carbonyl (C=O) groups excluding carboxylic acids is 1. The lowest BCUT2D eigenvalue weighted by molar-refractivity contribution is -0.132. The summed E-state index contributed by atoms with van der Waals surface area (Å²) < 4.78 is 1.40. The Bertz CT molecular complexity index is 1070. The van der Waals surface area contributed by atoms with Crippen molar-refractivity contribution in [2.24, 2.45) is 0 Å². The average molecular weight is 397 g/mol. The molecule has 0 bridgehead atoms. The van der Waals surface area contributed by atoms with E-state index < -0.39 is 0 Å². The van der Waals surface area contributed by atoms with E-state index in [2.05, 4.69) is 9.88 Å². The molecule has 1 aromatic heterocycles. The van der Waals surface area contributed by atoms with Crippen molar-refractivity contribution >= 4 is 34.1 Å². The summed E-state index contributed by atoms with van der Waals surface area (Å²) in [5, 5.41) is 1.25. The summed E-state index contributed by atoms with van der Waals surface area (Å²) in [4.78, 5) is 33.8. The predicted molar refractivity (Wildman–Crippen MR) is 111 cm³/mol. The number of benzene rings is 2. The minimum absolute atomic E-state index is 0.0106. The Morgan fingerprint density at radius 3 is 2.50 bits per heavy atom. The van der Waals surface area contributed by atoms with Gasteiger partial charge in [0.2, 0.25) is 5.91 Å². The van der Waals surface area contributed by atoms with Crippen molar-refractivity contribution in [1.29, 1.82) is 0 Å². The number of hydrogen-bond acceptors (Lipinski definition) is 4. The highest BCUT2D eigenvalue weighted by Crippen LogP contribution is 2.19. The number of piperazine rings is 1. The first kappa shape index (κ1) is 18.5. The number of aryl methyl sites for hydroxylation is 1. The Kier molecular flexibility index (Phi) is 5.05. The lowest BCUT2D eigenvalue weighted by Crippen LogP contribution is -2.50. The molecule has 0 unspecified atom stereocenters. The van der Waals surface area contributed by atoms with Crippen LogP contribution >= 0.6 is 11.6 Å². The molecular weight excluding hydrogens is 376 g/mol. The second-order valence-corrected chi connectivity index (χ2v) is 7.43. The smallest absolute Gasteiger partial charge is 0.261 e. The van der Waals surface area contributed by atoms with E-state index in [4.69, 9.17) is 11.6 Å². The van der Waals surface area contributed by atoms with Crippen LogP contribution in [0, 0.1) is 6.92 Å².